The fraction of sp³-hybridized carbons (Fsp3) is 0.133. The van der Waals surface area contributed by atoms with Crippen molar-refractivity contribution in [2.24, 2.45) is 0 Å². The molecule has 0 fully saturated rings. The first-order valence-corrected chi connectivity index (χ1v) is 7.09. The molecule has 0 saturated heterocycles. The fourth-order valence-corrected chi connectivity index (χ4v) is 2.54. The van der Waals surface area contributed by atoms with Gasteiger partial charge in [0, 0.05) is 16.5 Å². The molecule has 3 aromatic rings. The van der Waals surface area contributed by atoms with Gasteiger partial charge in [0.15, 0.2) is 0 Å². The molecular weight excluding hydrogens is 272 g/mol. The fourth-order valence-electron chi connectivity index (χ4n) is 1.92. The molecule has 0 bridgehead atoms. The van der Waals surface area contributed by atoms with E-state index in [1.165, 1.54) is 4.88 Å². The number of H-pyrrole nitrogens is 1. The molecule has 102 valence electrons. The molecule has 0 spiro atoms. The summed E-state index contributed by atoms with van der Waals surface area (Å²) in [5.41, 5.74) is 1.84. The summed E-state index contributed by atoms with van der Waals surface area (Å²) < 4.78 is 11.0. The van der Waals surface area contributed by atoms with Crippen molar-refractivity contribution in [2.75, 3.05) is 7.11 Å². The van der Waals surface area contributed by atoms with Gasteiger partial charge in [0.25, 0.3) is 0 Å². The Balaban J connectivity index is 1.76. The lowest BCUT2D eigenvalue weighted by Gasteiger charge is -2.04. The Morgan fingerprint density at radius 1 is 1.20 bits per heavy atom. The van der Waals surface area contributed by atoms with E-state index >= 15 is 0 Å². The Kier molecular flexibility index (Phi) is 3.69. The largest absolute Gasteiger partial charge is 0.496 e. The van der Waals surface area contributed by atoms with Crippen LogP contribution in [0, 0.1) is 0 Å². The van der Waals surface area contributed by atoms with Crippen LogP contribution in [-0.2, 0) is 6.61 Å². The molecule has 0 saturated carbocycles. The molecule has 0 aliphatic rings. The van der Waals surface area contributed by atoms with Crippen LogP contribution < -0.4 is 9.47 Å². The van der Waals surface area contributed by atoms with E-state index in [2.05, 4.69) is 10.2 Å². The van der Waals surface area contributed by atoms with E-state index in [0.717, 1.165) is 17.0 Å². The average molecular weight is 286 g/mol. The van der Waals surface area contributed by atoms with Crippen LogP contribution in [0.2, 0.25) is 0 Å². The molecule has 0 aliphatic heterocycles. The highest BCUT2D eigenvalue weighted by Gasteiger charge is 2.09. The summed E-state index contributed by atoms with van der Waals surface area (Å²) in [5.74, 6) is 1.39. The standard InChI is InChI=1S/C15H14N2O2S/c1-18-14-7-3-2-6-12(14)13-9-15(17-16-13)19-10-11-5-4-8-20-11/h2-9H,10H2,1H3,(H,16,17). The monoisotopic (exact) mass is 286 g/mol. The number of nitrogens with zero attached hydrogens (tertiary/aromatic N) is 1. The molecule has 2 aromatic heterocycles. The highest BCUT2D eigenvalue weighted by Crippen LogP contribution is 2.29. The lowest BCUT2D eigenvalue weighted by Crippen LogP contribution is -1.92. The van der Waals surface area contributed by atoms with E-state index in [0.29, 0.717) is 12.5 Å². The molecular formula is C15H14N2O2S. The minimum absolute atomic E-state index is 0.536. The van der Waals surface area contributed by atoms with Crippen molar-refractivity contribution in [3.8, 4) is 22.9 Å². The second-order valence-corrected chi connectivity index (χ2v) is 5.22. The molecule has 0 unspecified atom stereocenters. The van der Waals surface area contributed by atoms with Crippen molar-refractivity contribution in [3.05, 3.63) is 52.7 Å². The summed E-state index contributed by atoms with van der Waals surface area (Å²) in [6, 6.07) is 13.7. The van der Waals surface area contributed by atoms with E-state index in [1.54, 1.807) is 18.4 Å². The number of thiophene rings is 1. The van der Waals surface area contributed by atoms with Crippen LogP contribution >= 0.6 is 11.3 Å². The number of hydrogen-bond donors (Lipinski definition) is 1. The average Bonchev–Trinajstić information content (AvgIpc) is 3.16. The van der Waals surface area contributed by atoms with Crippen molar-refractivity contribution in [2.45, 2.75) is 6.61 Å². The summed E-state index contributed by atoms with van der Waals surface area (Å²) in [6.45, 7) is 0.536. The zero-order valence-corrected chi connectivity index (χ0v) is 11.8. The molecule has 3 rings (SSSR count). The Labute approximate surface area is 121 Å². The van der Waals surface area contributed by atoms with Crippen molar-refractivity contribution >= 4 is 11.3 Å². The molecule has 20 heavy (non-hydrogen) atoms. The molecule has 0 aliphatic carbocycles. The number of rotatable bonds is 5. The quantitative estimate of drug-likeness (QED) is 0.777. The van der Waals surface area contributed by atoms with Crippen molar-refractivity contribution in [1.82, 2.24) is 10.2 Å². The van der Waals surface area contributed by atoms with Gasteiger partial charge >= 0.3 is 0 Å². The maximum Gasteiger partial charge on any atom is 0.233 e. The van der Waals surface area contributed by atoms with Crippen LogP contribution in [0.15, 0.2) is 47.8 Å². The van der Waals surface area contributed by atoms with Crippen molar-refractivity contribution in [3.63, 3.8) is 0 Å². The molecule has 0 amide bonds. The first kappa shape index (κ1) is 12.7. The summed E-state index contributed by atoms with van der Waals surface area (Å²) in [7, 11) is 1.66. The first-order valence-electron chi connectivity index (χ1n) is 6.21. The topological polar surface area (TPSA) is 47.1 Å². The number of benzene rings is 1. The number of aromatic nitrogens is 2. The van der Waals surface area contributed by atoms with Gasteiger partial charge < -0.3 is 9.47 Å². The first-order chi connectivity index (χ1) is 9.86. The van der Waals surface area contributed by atoms with Gasteiger partial charge in [-0.15, -0.1) is 16.4 Å². The third kappa shape index (κ3) is 2.67. The number of hydrogen-bond acceptors (Lipinski definition) is 4. The third-order valence-electron chi connectivity index (χ3n) is 2.89. The Morgan fingerprint density at radius 2 is 2.10 bits per heavy atom. The summed E-state index contributed by atoms with van der Waals surface area (Å²) in [5, 5.41) is 9.18. The Bertz CT molecular complexity index is 677. The Morgan fingerprint density at radius 3 is 2.90 bits per heavy atom. The molecule has 5 heteroatoms. The third-order valence-corrected chi connectivity index (χ3v) is 3.74. The van der Waals surface area contributed by atoms with E-state index in [-0.39, 0.29) is 0 Å². The van der Waals surface area contributed by atoms with E-state index in [1.807, 2.05) is 47.8 Å². The molecule has 1 N–H and O–H groups in total. The van der Waals surface area contributed by atoms with Crippen molar-refractivity contribution in [1.29, 1.82) is 0 Å². The van der Waals surface area contributed by atoms with Gasteiger partial charge in [0.05, 0.1) is 12.8 Å². The second kappa shape index (κ2) is 5.79. The van der Waals surface area contributed by atoms with E-state index in [4.69, 9.17) is 9.47 Å². The number of para-hydroxylation sites is 1. The van der Waals surface area contributed by atoms with Crippen LogP contribution in [0.5, 0.6) is 11.6 Å². The van der Waals surface area contributed by atoms with Gasteiger partial charge in [0.2, 0.25) is 5.88 Å². The molecule has 2 heterocycles. The van der Waals surface area contributed by atoms with Gasteiger partial charge in [-0.3, -0.25) is 5.10 Å². The predicted octanol–water partition coefficient (Wildman–Crippen LogP) is 3.73. The summed E-state index contributed by atoms with van der Waals surface area (Å²) in [6.07, 6.45) is 0. The number of methoxy groups -OCH3 is 1. The number of nitrogens with one attached hydrogen (secondary N) is 1. The molecule has 4 nitrogen and oxygen atoms in total. The lowest BCUT2D eigenvalue weighted by atomic mass is 10.1. The number of ether oxygens (including phenoxy) is 2. The van der Waals surface area contributed by atoms with Crippen molar-refractivity contribution < 1.29 is 9.47 Å². The molecule has 1 aromatic carbocycles. The highest BCUT2D eigenvalue weighted by molar-refractivity contribution is 7.09. The number of aromatic amines is 1. The van der Waals surface area contributed by atoms with Gasteiger partial charge in [-0.25, -0.2) is 0 Å². The minimum atomic E-state index is 0.536. The SMILES string of the molecule is COc1ccccc1-c1cc(OCc2cccs2)n[nH]1. The smallest absolute Gasteiger partial charge is 0.233 e. The maximum absolute atomic E-state index is 5.65. The van der Waals surface area contributed by atoms with Crippen LogP contribution in [0.1, 0.15) is 4.88 Å². The summed E-state index contributed by atoms with van der Waals surface area (Å²) >= 11 is 1.67. The minimum Gasteiger partial charge on any atom is -0.496 e. The zero-order chi connectivity index (χ0) is 13.8. The zero-order valence-electron chi connectivity index (χ0n) is 11.0. The Hall–Kier alpha value is -2.27. The van der Waals surface area contributed by atoms with Gasteiger partial charge in [-0.2, -0.15) is 0 Å². The van der Waals surface area contributed by atoms with E-state index in [9.17, 15) is 0 Å². The maximum atomic E-state index is 5.65. The second-order valence-electron chi connectivity index (χ2n) is 4.19. The van der Waals surface area contributed by atoms with Crippen LogP contribution in [0.3, 0.4) is 0 Å². The summed E-state index contributed by atoms with van der Waals surface area (Å²) in [4.78, 5) is 1.17. The van der Waals surface area contributed by atoms with Gasteiger partial charge in [-0.05, 0) is 23.6 Å². The normalized spacial score (nSPS) is 10.4. The van der Waals surface area contributed by atoms with E-state index < -0.39 is 0 Å². The van der Waals surface area contributed by atoms with Gasteiger partial charge in [-0.1, -0.05) is 18.2 Å². The van der Waals surface area contributed by atoms with Crippen LogP contribution in [0.4, 0.5) is 0 Å². The van der Waals surface area contributed by atoms with Crippen LogP contribution in [-0.4, -0.2) is 17.3 Å². The molecule has 0 atom stereocenters. The van der Waals surface area contributed by atoms with Gasteiger partial charge in [0.1, 0.15) is 12.4 Å². The van der Waals surface area contributed by atoms with Crippen LogP contribution in [0.25, 0.3) is 11.3 Å². The highest BCUT2D eigenvalue weighted by atomic mass is 32.1. The molecule has 0 radical (unpaired) electrons. The lowest BCUT2D eigenvalue weighted by molar-refractivity contribution is 0.297. The predicted molar refractivity (Wildman–Crippen MR) is 79.2 cm³/mol.